The Morgan fingerprint density at radius 2 is 1.85 bits per heavy atom. The van der Waals surface area contributed by atoms with E-state index in [9.17, 15) is 8.42 Å². The van der Waals surface area contributed by atoms with Gasteiger partial charge in [0.05, 0.1) is 23.1 Å². The van der Waals surface area contributed by atoms with E-state index in [1.807, 2.05) is 6.07 Å². The van der Waals surface area contributed by atoms with Crippen LogP contribution < -0.4 is 4.72 Å². The van der Waals surface area contributed by atoms with Gasteiger partial charge in [-0.1, -0.05) is 18.2 Å². The number of hydrogen-bond donors (Lipinski definition) is 2. The van der Waals surface area contributed by atoms with Crippen LogP contribution in [0.4, 0.5) is 5.69 Å². The first-order valence-electron chi connectivity index (χ1n) is 5.78. The lowest BCUT2D eigenvalue weighted by atomic mass is 10.2. The number of nitrogens with one attached hydrogen (secondary N) is 1. The lowest BCUT2D eigenvalue weighted by molar-refractivity contribution is 0.282. The van der Waals surface area contributed by atoms with Crippen LogP contribution in [0.5, 0.6) is 0 Å². The minimum Gasteiger partial charge on any atom is -0.392 e. The summed E-state index contributed by atoms with van der Waals surface area (Å²) in [6, 6.07) is 14.1. The molecule has 0 fully saturated rings. The highest BCUT2D eigenvalue weighted by Crippen LogP contribution is 2.17. The fraction of sp³-hybridized carbons (Fsp3) is 0.0714. The fourth-order valence-corrected chi connectivity index (χ4v) is 2.73. The zero-order valence-corrected chi connectivity index (χ0v) is 11.3. The Morgan fingerprint density at radius 1 is 1.15 bits per heavy atom. The van der Waals surface area contributed by atoms with E-state index in [-0.39, 0.29) is 17.1 Å². The second kappa shape index (κ2) is 5.74. The molecule has 0 radical (unpaired) electrons. The van der Waals surface area contributed by atoms with Crippen molar-refractivity contribution in [3.8, 4) is 6.07 Å². The highest BCUT2D eigenvalue weighted by atomic mass is 32.2. The first kappa shape index (κ1) is 14.1. The van der Waals surface area contributed by atoms with Gasteiger partial charge in [0.2, 0.25) is 0 Å². The summed E-state index contributed by atoms with van der Waals surface area (Å²) in [6.45, 7) is -0.1000. The van der Waals surface area contributed by atoms with Gasteiger partial charge in [0.1, 0.15) is 0 Å². The second-order valence-corrected chi connectivity index (χ2v) is 5.78. The van der Waals surface area contributed by atoms with Crippen LogP contribution in [-0.4, -0.2) is 13.5 Å². The van der Waals surface area contributed by atoms with Crippen LogP contribution in [0.1, 0.15) is 11.1 Å². The average Bonchev–Trinajstić information content (AvgIpc) is 2.48. The zero-order valence-electron chi connectivity index (χ0n) is 10.4. The predicted molar refractivity (Wildman–Crippen MR) is 74.3 cm³/mol. The number of rotatable bonds is 4. The van der Waals surface area contributed by atoms with Crippen molar-refractivity contribution in [2.75, 3.05) is 4.72 Å². The van der Waals surface area contributed by atoms with Crippen LogP contribution in [0.25, 0.3) is 0 Å². The molecular weight excluding hydrogens is 276 g/mol. The largest absolute Gasteiger partial charge is 0.392 e. The minimum atomic E-state index is -3.73. The van der Waals surface area contributed by atoms with Crippen LogP contribution in [0, 0.1) is 11.3 Å². The molecular formula is C14H12N2O3S. The van der Waals surface area contributed by atoms with Gasteiger partial charge in [-0.15, -0.1) is 0 Å². The number of hydrogen-bond acceptors (Lipinski definition) is 4. The SMILES string of the molecule is N#Cc1cccc(S(=O)(=O)Nc2ccc(CO)cc2)c1. The maximum Gasteiger partial charge on any atom is 0.261 e. The van der Waals surface area contributed by atoms with Gasteiger partial charge in [0.25, 0.3) is 10.0 Å². The lowest BCUT2D eigenvalue weighted by Crippen LogP contribution is -2.13. The molecule has 0 atom stereocenters. The Kier molecular flexibility index (Phi) is 4.03. The molecule has 0 heterocycles. The third kappa shape index (κ3) is 3.15. The lowest BCUT2D eigenvalue weighted by Gasteiger charge is -2.08. The van der Waals surface area contributed by atoms with E-state index in [0.29, 0.717) is 11.3 Å². The molecule has 0 aliphatic heterocycles. The van der Waals surface area contributed by atoms with E-state index in [1.165, 1.54) is 24.3 Å². The summed E-state index contributed by atoms with van der Waals surface area (Å²) < 4.78 is 26.7. The molecule has 2 rings (SSSR count). The van der Waals surface area contributed by atoms with Gasteiger partial charge in [-0.25, -0.2) is 8.42 Å². The Balaban J connectivity index is 2.28. The van der Waals surface area contributed by atoms with E-state index >= 15 is 0 Å². The van der Waals surface area contributed by atoms with Crippen molar-refractivity contribution >= 4 is 15.7 Å². The molecule has 0 bridgehead atoms. The summed E-state index contributed by atoms with van der Waals surface area (Å²) >= 11 is 0. The van der Waals surface area contributed by atoms with Crippen molar-refractivity contribution in [3.63, 3.8) is 0 Å². The standard InChI is InChI=1S/C14H12N2O3S/c15-9-12-2-1-3-14(8-12)20(18,19)16-13-6-4-11(10-17)5-7-13/h1-8,16-17H,10H2. The Bertz CT molecular complexity index is 747. The number of nitrogens with zero attached hydrogens (tertiary/aromatic N) is 1. The normalized spacial score (nSPS) is 10.8. The molecule has 0 unspecified atom stereocenters. The zero-order chi connectivity index (χ0) is 14.6. The molecule has 102 valence electrons. The summed E-state index contributed by atoms with van der Waals surface area (Å²) in [5.74, 6) is 0. The van der Waals surface area contributed by atoms with Crippen molar-refractivity contribution in [2.45, 2.75) is 11.5 Å². The number of aliphatic hydroxyl groups excluding tert-OH is 1. The molecule has 2 N–H and O–H groups in total. The number of benzene rings is 2. The van der Waals surface area contributed by atoms with Crippen molar-refractivity contribution in [3.05, 3.63) is 59.7 Å². The first-order chi connectivity index (χ1) is 9.55. The monoisotopic (exact) mass is 288 g/mol. The molecule has 2 aromatic rings. The Labute approximate surface area is 117 Å². The van der Waals surface area contributed by atoms with Gasteiger partial charge in [-0.3, -0.25) is 4.72 Å². The number of nitriles is 1. The number of aliphatic hydroxyl groups is 1. The summed E-state index contributed by atoms with van der Waals surface area (Å²) in [7, 11) is -3.73. The number of sulfonamides is 1. The van der Waals surface area contributed by atoms with Crippen molar-refractivity contribution in [1.82, 2.24) is 0 Å². The molecule has 20 heavy (non-hydrogen) atoms. The van der Waals surface area contributed by atoms with Crippen LogP contribution in [0.2, 0.25) is 0 Å². The second-order valence-electron chi connectivity index (χ2n) is 4.10. The van der Waals surface area contributed by atoms with E-state index < -0.39 is 10.0 Å². The predicted octanol–water partition coefficient (Wildman–Crippen LogP) is 1.85. The number of anilines is 1. The average molecular weight is 288 g/mol. The van der Waals surface area contributed by atoms with Crippen LogP contribution >= 0.6 is 0 Å². The van der Waals surface area contributed by atoms with E-state index in [2.05, 4.69) is 4.72 Å². The quantitative estimate of drug-likeness (QED) is 0.898. The molecule has 5 nitrogen and oxygen atoms in total. The summed E-state index contributed by atoms with van der Waals surface area (Å²) in [5.41, 5.74) is 1.37. The van der Waals surface area contributed by atoms with Gasteiger partial charge in [0, 0.05) is 5.69 Å². The molecule has 0 spiro atoms. The van der Waals surface area contributed by atoms with E-state index in [0.717, 1.165) is 0 Å². The Morgan fingerprint density at radius 3 is 2.45 bits per heavy atom. The fourth-order valence-electron chi connectivity index (χ4n) is 1.63. The van der Waals surface area contributed by atoms with E-state index in [4.69, 9.17) is 10.4 Å². The molecule has 2 aromatic carbocycles. The van der Waals surface area contributed by atoms with E-state index in [1.54, 1.807) is 24.3 Å². The van der Waals surface area contributed by atoms with Gasteiger partial charge in [0.15, 0.2) is 0 Å². The summed E-state index contributed by atoms with van der Waals surface area (Å²) in [6.07, 6.45) is 0. The molecule has 0 saturated heterocycles. The molecule has 6 heteroatoms. The van der Waals surface area contributed by atoms with Gasteiger partial charge < -0.3 is 5.11 Å². The minimum absolute atomic E-state index is 0.0304. The van der Waals surface area contributed by atoms with Gasteiger partial charge >= 0.3 is 0 Å². The topological polar surface area (TPSA) is 90.2 Å². The van der Waals surface area contributed by atoms with Gasteiger partial charge in [-0.2, -0.15) is 5.26 Å². The molecule has 0 amide bonds. The third-order valence-corrected chi connectivity index (χ3v) is 4.04. The van der Waals surface area contributed by atoms with Crippen LogP contribution in [0.3, 0.4) is 0 Å². The highest BCUT2D eigenvalue weighted by Gasteiger charge is 2.14. The van der Waals surface area contributed by atoms with Gasteiger partial charge in [-0.05, 0) is 35.9 Å². The van der Waals surface area contributed by atoms with Crippen molar-refractivity contribution in [2.24, 2.45) is 0 Å². The Hall–Kier alpha value is -2.36. The van der Waals surface area contributed by atoms with Crippen LogP contribution in [-0.2, 0) is 16.6 Å². The smallest absolute Gasteiger partial charge is 0.261 e. The molecule has 0 aromatic heterocycles. The summed E-state index contributed by atoms with van der Waals surface area (Å²) in [4.78, 5) is 0.0304. The molecule has 0 aliphatic carbocycles. The summed E-state index contributed by atoms with van der Waals surface area (Å²) in [5, 5.41) is 17.7. The first-order valence-corrected chi connectivity index (χ1v) is 7.26. The third-order valence-electron chi connectivity index (χ3n) is 2.66. The molecule has 0 saturated carbocycles. The maximum absolute atomic E-state index is 12.2. The van der Waals surface area contributed by atoms with Crippen molar-refractivity contribution in [1.29, 1.82) is 5.26 Å². The van der Waals surface area contributed by atoms with Crippen LogP contribution in [0.15, 0.2) is 53.4 Å². The highest BCUT2D eigenvalue weighted by molar-refractivity contribution is 7.92. The van der Waals surface area contributed by atoms with Crippen molar-refractivity contribution < 1.29 is 13.5 Å². The maximum atomic E-state index is 12.2. The molecule has 0 aliphatic rings.